The molecule has 0 spiro atoms. The SMILES string of the molecule is CC(C)(C)c1ccccc1F.[Br-].[Br-].[Mg+2]. The van der Waals surface area contributed by atoms with Gasteiger partial charge in [-0.1, -0.05) is 39.0 Å². The zero-order chi connectivity index (χ0) is 8.48. The van der Waals surface area contributed by atoms with Crippen molar-refractivity contribution in [2.75, 3.05) is 0 Å². The van der Waals surface area contributed by atoms with Crippen LogP contribution in [-0.2, 0) is 5.41 Å². The van der Waals surface area contributed by atoms with Crippen LogP contribution in [-0.4, -0.2) is 23.1 Å². The van der Waals surface area contributed by atoms with Crippen molar-refractivity contribution < 1.29 is 38.4 Å². The second-order valence-electron chi connectivity index (χ2n) is 3.73. The minimum absolute atomic E-state index is 0. The Labute approximate surface area is 122 Å². The molecule has 1 rings (SSSR count). The van der Waals surface area contributed by atoms with Crippen molar-refractivity contribution >= 4 is 23.1 Å². The van der Waals surface area contributed by atoms with E-state index < -0.39 is 0 Å². The molecule has 0 amide bonds. The van der Waals surface area contributed by atoms with Gasteiger partial charge in [0.15, 0.2) is 0 Å². The van der Waals surface area contributed by atoms with Crippen molar-refractivity contribution in [3.05, 3.63) is 35.6 Å². The molecule has 14 heavy (non-hydrogen) atoms. The average Bonchev–Trinajstić information content (AvgIpc) is 1.86. The fourth-order valence-corrected chi connectivity index (χ4v) is 1.07. The van der Waals surface area contributed by atoms with E-state index in [1.807, 2.05) is 32.9 Å². The summed E-state index contributed by atoms with van der Waals surface area (Å²) in [5.41, 5.74) is 0.686. The van der Waals surface area contributed by atoms with Crippen LogP contribution in [0.4, 0.5) is 4.39 Å². The van der Waals surface area contributed by atoms with E-state index in [4.69, 9.17) is 0 Å². The molecule has 0 heterocycles. The van der Waals surface area contributed by atoms with Crippen LogP contribution in [0.3, 0.4) is 0 Å². The van der Waals surface area contributed by atoms with E-state index in [0.29, 0.717) is 0 Å². The van der Waals surface area contributed by atoms with Gasteiger partial charge in [-0.2, -0.15) is 0 Å². The third kappa shape index (κ3) is 5.68. The Balaban J connectivity index is -0.000000403. The van der Waals surface area contributed by atoms with Gasteiger partial charge in [0.05, 0.1) is 0 Å². The Morgan fingerprint density at radius 3 is 1.71 bits per heavy atom. The van der Waals surface area contributed by atoms with Crippen LogP contribution in [0, 0.1) is 5.82 Å². The Hall–Kier alpha value is 0.876. The molecular formula is C10H13Br2FMg. The summed E-state index contributed by atoms with van der Waals surface area (Å²) in [6, 6.07) is 6.91. The number of hydrogen-bond donors (Lipinski definition) is 0. The van der Waals surface area contributed by atoms with E-state index >= 15 is 0 Å². The molecule has 0 radical (unpaired) electrons. The van der Waals surface area contributed by atoms with E-state index in [0.717, 1.165) is 5.56 Å². The second-order valence-corrected chi connectivity index (χ2v) is 3.73. The standard InChI is InChI=1S/C10H13F.2BrH.Mg/c1-10(2,3)8-6-4-5-7-9(8)11;;;/h4-7H,1-3H3;2*1H;/q;;;+2/p-2. The zero-order valence-electron chi connectivity index (χ0n) is 8.65. The molecular weight excluding hydrogens is 323 g/mol. The van der Waals surface area contributed by atoms with Crippen molar-refractivity contribution in [2.45, 2.75) is 26.2 Å². The maximum Gasteiger partial charge on any atom is 2.00 e. The fourth-order valence-electron chi connectivity index (χ4n) is 1.07. The smallest absolute Gasteiger partial charge is 1.00 e. The molecule has 4 heteroatoms. The van der Waals surface area contributed by atoms with E-state index in [1.54, 1.807) is 6.07 Å². The van der Waals surface area contributed by atoms with Crippen molar-refractivity contribution in [3.8, 4) is 0 Å². The molecule has 0 saturated carbocycles. The Bertz CT molecular complexity index is 259. The Morgan fingerprint density at radius 1 is 1.00 bits per heavy atom. The van der Waals surface area contributed by atoms with Crippen molar-refractivity contribution in [2.24, 2.45) is 0 Å². The molecule has 1 aromatic carbocycles. The molecule has 0 aliphatic carbocycles. The number of hydrogen-bond acceptors (Lipinski definition) is 0. The van der Waals surface area contributed by atoms with Crippen LogP contribution in [0.25, 0.3) is 0 Å². The summed E-state index contributed by atoms with van der Waals surface area (Å²) in [6.45, 7) is 6.02. The first kappa shape index (κ1) is 20.3. The van der Waals surface area contributed by atoms with E-state index in [-0.39, 0.29) is 68.2 Å². The first-order valence-corrected chi connectivity index (χ1v) is 3.77. The summed E-state index contributed by atoms with van der Waals surface area (Å²) in [4.78, 5) is 0. The van der Waals surface area contributed by atoms with Gasteiger partial charge in [-0.3, -0.25) is 0 Å². The molecule has 0 aliphatic heterocycles. The summed E-state index contributed by atoms with van der Waals surface area (Å²) in [6.07, 6.45) is 0. The first-order valence-electron chi connectivity index (χ1n) is 3.77. The number of halogens is 3. The summed E-state index contributed by atoms with van der Waals surface area (Å²) in [5.74, 6) is -0.111. The molecule has 0 unspecified atom stereocenters. The minimum Gasteiger partial charge on any atom is -1.00 e. The normalized spacial score (nSPS) is 9.14. The van der Waals surface area contributed by atoms with Crippen molar-refractivity contribution in [1.29, 1.82) is 0 Å². The Kier molecular flexibility index (Phi) is 11.7. The number of rotatable bonds is 0. The first-order chi connectivity index (χ1) is 5.02. The molecule has 0 N–H and O–H groups in total. The molecule has 0 aromatic heterocycles. The molecule has 0 bridgehead atoms. The third-order valence-corrected chi connectivity index (χ3v) is 1.68. The fraction of sp³-hybridized carbons (Fsp3) is 0.400. The summed E-state index contributed by atoms with van der Waals surface area (Å²) < 4.78 is 13.1. The van der Waals surface area contributed by atoms with E-state index in [9.17, 15) is 4.39 Å². The van der Waals surface area contributed by atoms with E-state index in [2.05, 4.69) is 0 Å². The predicted molar refractivity (Wildman–Crippen MR) is 50.9 cm³/mol. The van der Waals surface area contributed by atoms with Gasteiger partial charge in [0.1, 0.15) is 5.82 Å². The van der Waals surface area contributed by atoms with Gasteiger partial charge in [-0.25, -0.2) is 4.39 Å². The topological polar surface area (TPSA) is 0 Å². The quantitative estimate of drug-likeness (QED) is 0.437. The average molecular weight is 336 g/mol. The van der Waals surface area contributed by atoms with Gasteiger partial charge >= 0.3 is 23.1 Å². The van der Waals surface area contributed by atoms with Gasteiger partial charge in [0.25, 0.3) is 0 Å². The third-order valence-electron chi connectivity index (χ3n) is 1.68. The zero-order valence-corrected chi connectivity index (χ0v) is 13.2. The molecule has 0 atom stereocenters. The van der Waals surface area contributed by atoms with Crippen LogP contribution in [0.1, 0.15) is 26.3 Å². The molecule has 0 fully saturated rings. The van der Waals surface area contributed by atoms with Gasteiger partial charge in [0, 0.05) is 0 Å². The van der Waals surface area contributed by atoms with Gasteiger partial charge < -0.3 is 34.0 Å². The number of benzene rings is 1. The summed E-state index contributed by atoms with van der Waals surface area (Å²) >= 11 is 0. The molecule has 0 saturated heterocycles. The van der Waals surface area contributed by atoms with Crippen LogP contribution < -0.4 is 34.0 Å². The van der Waals surface area contributed by atoms with Crippen LogP contribution >= 0.6 is 0 Å². The van der Waals surface area contributed by atoms with Gasteiger partial charge in [0.2, 0.25) is 0 Å². The molecule has 1 aromatic rings. The van der Waals surface area contributed by atoms with E-state index in [1.165, 1.54) is 6.07 Å². The Morgan fingerprint density at radius 2 is 1.43 bits per heavy atom. The minimum atomic E-state index is -0.111. The molecule has 76 valence electrons. The van der Waals surface area contributed by atoms with Crippen LogP contribution in [0.2, 0.25) is 0 Å². The van der Waals surface area contributed by atoms with Crippen molar-refractivity contribution in [1.82, 2.24) is 0 Å². The largest absolute Gasteiger partial charge is 2.00 e. The second kappa shape index (κ2) is 8.08. The monoisotopic (exact) mass is 334 g/mol. The molecule has 0 aliphatic rings. The van der Waals surface area contributed by atoms with Gasteiger partial charge in [-0.05, 0) is 17.0 Å². The van der Waals surface area contributed by atoms with Crippen molar-refractivity contribution in [3.63, 3.8) is 0 Å². The predicted octanol–water partition coefficient (Wildman–Crippen LogP) is -3.25. The summed E-state index contributed by atoms with van der Waals surface area (Å²) in [7, 11) is 0. The van der Waals surface area contributed by atoms with Crippen LogP contribution in [0.5, 0.6) is 0 Å². The van der Waals surface area contributed by atoms with Crippen LogP contribution in [0.15, 0.2) is 24.3 Å². The molecule has 0 nitrogen and oxygen atoms in total. The summed E-state index contributed by atoms with van der Waals surface area (Å²) in [5, 5.41) is 0. The maximum atomic E-state index is 13.1. The van der Waals surface area contributed by atoms with Gasteiger partial charge in [-0.15, -0.1) is 0 Å². The maximum absolute atomic E-state index is 13.1.